The molecule has 0 fully saturated rings. The molecule has 1 aromatic carbocycles. The summed E-state index contributed by atoms with van der Waals surface area (Å²) < 4.78 is 66.6. The molecule has 1 amide bonds. The third-order valence-corrected chi connectivity index (χ3v) is 6.97. The van der Waals surface area contributed by atoms with Crippen LogP contribution >= 0.6 is 0 Å². The number of carbonyl (C=O) groups excluding carboxylic acids is 1. The zero-order valence-corrected chi connectivity index (χ0v) is 18.6. The first kappa shape index (κ1) is 24.9. The molecular weight excluding hydrogens is 433 g/mol. The van der Waals surface area contributed by atoms with Crippen molar-refractivity contribution in [1.82, 2.24) is 18.8 Å². The second-order valence-corrected chi connectivity index (χ2v) is 8.94. The maximum Gasteiger partial charge on any atom is 0.406 e. The maximum absolute atomic E-state index is 12.7. The average Bonchev–Trinajstić information content (AvgIpc) is 3.00. The standard InChI is InChI=1S/C20H27F3N4O3S/c1-5-12-26(14-20(21,22)23)19(28)11-10-18-24-16-13-15(8-9-17(16)25(18)4)31(29,30)27(6-2)7-3/h5,8-9,13H,1,6-7,10-12,14H2,2-4H3. The summed E-state index contributed by atoms with van der Waals surface area (Å²) >= 11 is 0. The molecule has 2 aromatic rings. The lowest BCUT2D eigenvalue weighted by atomic mass is 10.2. The lowest BCUT2D eigenvalue weighted by Crippen LogP contribution is -2.39. The van der Waals surface area contributed by atoms with Crippen LogP contribution in [0.5, 0.6) is 0 Å². The fraction of sp³-hybridized carbons (Fsp3) is 0.500. The molecular formula is C20H27F3N4O3S. The zero-order chi connectivity index (χ0) is 23.4. The van der Waals surface area contributed by atoms with E-state index < -0.39 is 28.7 Å². The molecule has 7 nitrogen and oxygen atoms in total. The zero-order valence-electron chi connectivity index (χ0n) is 17.8. The number of hydrogen-bond acceptors (Lipinski definition) is 4. The van der Waals surface area contributed by atoms with Crippen LogP contribution in [0.2, 0.25) is 0 Å². The summed E-state index contributed by atoms with van der Waals surface area (Å²) in [6, 6.07) is 4.61. The summed E-state index contributed by atoms with van der Waals surface area (Å²) in [6.45, 7) is 6.04. The normalized spacial score (nSPS) is 12.5. The SMILES string of the molecule is C=CCN(CC(F)(F)F)C(=O)CCc1nc2cc(S(=O)(=O)N(CC)CC)ccc2n1C. The lowest BCUT2D eigenvalue weighted by Gasteiger charge is -2.22. The Morgan fingerprint density at radius 2 is 1.90 bits per heavy atom. The number of benzene rings is 1. The third kappa shape index (κ3) is 5.85. The summed E-state index contributed by atoms with van der Waals surface area (Å²) in [7, 11) is -1.94. The lowest BCUT2D eigenvalue weighted by molar-refractivity contribution is -0.160. The Morgan fingerprint density at radius 1 is 1.26 bits per heavy atom. The van der Waals surface area contributed by atoms with Crippen LogP contribution in [0, 0.1) is 0 Å². The first-order chi connectivity index (χ1) is 14.4. The van der Waals surface area contributed by atoms with E-state index in [1.54, 1.807) is 31.5 Å². The monoisotopic (exact) mass is 460 g/mol. The van der Waals surface area contributed by atoms with E-state index in [2.05, 4.69) is 11.6 Å². The molecule has 2 rings (SSSR count). The molecule has 172 valence electrons. The Labute approximate surface area is 180 Å². The molecule has 1 heterocycles. The first-order valence-electron chi connectivity index (χ1n) is 9.85. The highest BCUT2D eigenvalue weighted by molar-refractivity contribution is 7.89. The smallest absolute Gasteiger partial charge is 0.331 e. The number of amides is 1. The molecule has 0 aliphatic rings. The molecule has 0 aliphatic heterocycles. The number of sulfonamides is 1. The van der Waals surface area contributed by atoms with E-state index >= 15 is 0 Å². The molecule has 0 saturated carbocycles. The molecule has 0 spiro atoms. The Bertz CT molecular complexity index is 1040. The molecule has 11 heteroatoms. The van der Waals surface area contributed by atoms with E-state index in [-0.39, 0.29) is 24.3 Å². The second kappa shape index (κ2) is 9.82. The van der Waals surface area contributed by atoms with Crippen LogP contribution < -0.4 is 0 Å². The number of alkyl halides is 3. The number of aromatic nitrogens is 2. The van der Waals surface area contributed by atoms with Crippen LogP contribution in [-0.2, 0) is 28.3 Å². The fourth-order valence-electron chi connectivity index (χ4n) is 3.33. The highest BCUT2D eigenvalue weighted by Crippen LogP contribution is 2.23. The molecule has 0 atom stereocenters. The van der Waals surface area contributed by atoms with Gasteiger partial charge in [-0.1, -0.05) is 19.9 Å². The van der Waals surface area contributed by atoms with Crippen LogP contribution in [0.1, 0.15) is 26.1 Å². The van der Waals surface area contributed by atoms with E-state index in [4.69, 9.17) is 0 Å². The molecule has 0 saturated heterocycles. The Kier molecular flexibility index (Phi) is 7.87. The molecule has 1 aromatic heterocycles. The molecule has 31 heavy (non-hydrogen) atoms. The molecule has 0 N–H and O–H groups in total. The van der Waals surface area contributed by atoms with E-state index in [1.807, 2.05) is 0 Å². The van der Waals surface area contributed by atoms with Gasteiger partial charge >= 0.3 is 6.18 Å². The number of imidazole rings is 1. The second-order valence-electron chi connectivity index (χ2n) is 7.01. The number of nitrogens with zero attached hydrogens (tertiary/aromatic N) is 4. The van der Waals surface area contributed by atoms with Gasteiger partial charge in [0.05, 0.1) is 15.9 Å². The van der Waals surface area contributed by atoms with Gasteiger partial charge in [0.25, 0.3) is 0 Å². The van der Waals surface area contributed by atoms with Crippen molar-refractivity contribution in [2.45, 2.75) is 37.8 Å². The number of carbonyl (C=O) groups is 1. The first-order valence-corrected chi connectivity index (χ1v) is 11.3. The van der Waals surface area contributed by atoms with Crippen molar-refractivity contribution >= 4 is 27.0 Å². The van der Waals surface area contributed by atoms with Gasteiger partial charge < -0.3 is 9.47 Å². The van der Waals surface area contributed by atoms with Crippen molar-refractivity contribution in [2.75, 3.05) is 26.2 Å². The minimum atomic E-state index is -4.50. The number of halogens is 3. The molecule has 0 aliphatic carbocycles. The van der Waals surface area contributed by atoms with Gasteiger partial charge in [-0.3, -0.25) is 4.79 Å². The summed E-state index contributed by atoms with van der Waals surface area (Å²) in [5.41, 5.74) is 1.11. The van der Waals surface area contributed by atoms with E-state index in [9.17, 15) is 26.4 Å². The van der Waals surface area contributed by atoms with Crippen molar-refractivity contribution in [3.05, 3.63) is 36.7 Å². The minimum Gasteiger partial charge on any atom is -0.331 e. The summed E-state index contributed by atoms with van der Waals surface area (Å²) in [4.78, 5) is 17.5. The summed E-state index contributed by atoms with van der Waals surface area (Å²) in [5.74, 6) is -0.180. The van der Waals surface area contributed by atoms with E-state index in [1.165, 1.54) is 22.5 Å². The van der Waals surface area contributed by atoms with Crippen molar-refractivity contribution in [3.8, 4) is 0 Å². The van der Waals surface area contributed by atoms with Gasteiger partial charge in [0.1, 0.15) is 12.4 Å². The predicted octanol–water partition coefficient (Wildman–Crippen LogP) is 3.11. The quantitative estimate of drug-likeness (QED) is 0.511. The summed E-state index contributed by atoms with van der Waals surface area (Å²) in [5, 5.41) is 0. The minimum absolute atomic E-state index is 0.117. The number of hydrogen-bond donors (Lipinski definition) is 0. The van der Waals surface area contributed by atoms with Gasteiger partial charge in [0.15, 0.2) is 0 Å². The van der Waals surface area contributed by atoms with Crippen LogP contribution in [0.4, 0.5) is 13.2 Å². The van der Waals surface area contributed by atoms with Crippen LogP contribution in [-0.4, -0.2) is 65.4 Å². The van der Waals surface area contributed by atoms with Gasteiger partial charge in [-0.25, -0.2) is 13.4 Å². The van der Waals surface area contributed by atoms with Crippen LogP contribution in [0.15, 0.2) is 35.7 Å². The number of aryl methyl sites for hydroxylation is 2. The topological polar surface area (TPSA) is 75.5 Å². The average molecular weight is 461 g/mol. The van der Waals surface area contributed by atoms with E-state index in [0.29, 0.717) is 34.8 Å². The molecule has 0 radical (unpaired) electrons. The van der Waals surface area contributed by atoms with Gasteiger partial charge in [0.2, 0.25) is 15.9 Å². The Balaban J connectivity index is 2.25. The predicted molar refractivity (Wildman–Crippen MR) is 112 cm³/mol. The van der Waals surface area contributed by atoms with Crippen molar-refractivity contribution in [3.63, 3.8) is 0 Å². The highest BCUT2D eigenvalue weighted by Gasteiger charge is 2.32. The molecule has 0 bridgehead atoms. The maximum atomic E-state index is 12.7. The fourth-order valence-corrected chi connectivity index (χ4v) is 4.81. The van der Waals surface area contributed by atoms with Crippen molar-refractivity contribution in [2.24, 2.45) is 7.05 Å². The number of rotatable bonds is 10. The van der Waals surface area contributed by atoms with Crippen LogP contribution in [0.3, 0.4) is 0 Å². The summed E-state index contributed by atoms with van der Waals surface area (Å²) in [6.07, 6.45) is -3.29. The molecule has 0 unspecified atom stereocenters. The highest BCUT2D eigenvalue weighted by atomic mass is 32.2. The largest absolute Gasteiger partial charge is 0.406 e. The Hall–Kier alpha value is -2.40. The van der Waals surface area contributed by atoms with Gasteiger partial charge in [0, 0.05) is 39.5 Å². The van der Waals surface area contributed by atoms with Gasteiger partial charge in [-0.2, -0.15) is 17.5 Å². The van der Waals surface area contributed by atoms with Gasteiger partial charge in [-0.05, 0) is 18.2 Å². The van der Waals surface area contributed by atoms with Crippen molar-refractivity contribution in [1.29, 1.82) is 0 Å². The van der Waals surface area contributed by atoms with E-state index in [0.717, 1.165) is 0 Å². The Morgan fingerprint density at radius 3 is 2.45 bits per heavy atom. The van der Waals surface area contributed by atoms with Crippen LogP contribution in [0.25, 0.3) is 11.0 Å². The number of fused-ring (bicyclic) bond motifs is 1. The third-order valence-electron chi connectivity index (χ3n) is 4.92. The van der Waals surface area contributed by atoms with Crippen molar-refractivity contribution < 1.29 is 26.4 Å². The van der Waals surface area contributed by atoms with Gasteiger partial charge in [-0.15, -0.1) is 6.58 Å².